The van der Waals surface area contributed by atoms with E-state index in [0.29, 0.717) is 37.9 Å². The molecule has 0 bridgehead atoms. The molecule has 5 heteroatoms. The number of ether oxygens (including phenoxy) is 1. The molecule has 1 aliphatic carbocycles. The van der Waals surface area contributed by atoms with Crippen LogP contribution < -0.4 is 0 Å². The van der Waals surface area contributed by atoms with Crippen molar-refractivity contribution in [3.63, 3.8) is 0 Å². The molecule has 0 aromatic carbocycles. The SMILES string of the molecule is COC(=O)CC/C=C\CCC[C@H]1C(=O)CC[C@@H]1/C=C/[C@@H](O)CCc1ccco1. The zero-order valence-corrected chi connectivity index (χ0v) is 16.7. The Balaban J connectivity index is 1.68. The summed E-state index contributed by atoms with van der Waals surface area (Å²) in [7, 11) is 1.40. The van der Waals surface area contributed by atoms with Crippen LogP contribution in [0.4, 0.5) is 0 Å². The first-order valence-electron chi connectivity index (χ1n) is 10.2. The van der Waals surface area contributed by atoms with Crippen LogP contribution in [-0.4, -0.2) is 30.1 Å². The molecule has 0 saturated heterocycles. The van der Waals surface area contributed by atoms with E-state index in [2.05, 4.69) is 10.8 Å². The third kappa shape index (κ3) is 7.85. The first-order valence-corrected chi connectivity index (χ1v) is 10.2. The highest BCUT2D eigenvalue weighted by atomic mass is 16.5. The normalized spacial score (nSPS) is 21.0. The number of Topliss-reactive ketones (excluding diaryl/α,β-unsaturated/α-hetero) is 1. The minimum atomic E-state index is -0.515. The number of aliphatic hydroxyl groups is 1. The van der Waals surface area contributed by atoms with E-state index in [1.807, 2.05) is 30.4 Å². The second kappa shape index (κ2) is 12.3. The fraction of sp³-hybridized carbons (Fsp3) is 0.565. The third-order valence-corrected chi connectivity index (χ3v) is 5.30. The summed E-state index contributed by atoms with van der Waals surface area (Å²) in [4.78, 5) is 23.2. The van der Waals surface area contributed by atoms with Gasteiger partial charge in [-0.2, -0.15) is 0 Å². The lowest BCUT2D eigenvalue weighted by molar-refractivity contribution is -0.140. The summed E-state index contributed by atoms with van der Waals surface area (Å²) in [6.07, 6.45) is 15.7. The van der Waals surface area contributed by atoms with Crippen LogP contribution in [0.1, 0.15) is 57.1 Å². The number of aliphatic hydroxyl groups excluding tert-OH is 1. The fourth-order valence-corrected chi connectivity index (χ4v) is 3.65. The Bertz CT molecular complexity index is 644. The number of carbonyl (C=O) groups is 2. The van der Waals surface area contributed by atoms with E-state index in [9.17, 15) is 14.7 Å². The molecular formula is C23H32O5. The van der Waals surface area contributed by atoms with Gasteiger partial charge in [0.15, 0.2) is 0 Å². The summed E-state index contributed by atoms with van der Waals surface area (Å²) in [6, 6.07) is 3.76. The average molecular weight is 389 g/mol. The van der Waals surface area contributed by atoms with Gasteiger partial charge in [-0.25, -0.2) is 0 Å². The quantitative estimate of drug-likeness (QED) is 0.326. The standard InChI is InChI=1S/C23H32O5/c1-27-23(26)10-6-4-2-3-5-9-21-18(12-16-22(21)25)11-13-19(24)14-15-20-8-7-17-28-20/h2,4,7-8,11,13,17-19,21,24H,3,5-6,9-10,12,14-16H2,1H3/b4-2-,13-11+/t18-,19+,21+/m0/s1. The van der Waals surface area contributed by atoms with Crippen LogP contribution in [0.15, 0.2) is 47.1 Å². The molecule has 0 unspecified atom stereocenters. The number of hydrogen-bond acceptors (Lipinski definition) is 5. The summed E-state index contributed by atoms with van der Waals surface area (Å²) in [5, 5.41) is 10.2. The number of furan rings is 1. The Labute approximate surface area is 167 Å². The van der Waals surface area contributed by atoms with Gasteiger partial charge < -0.3 is 14.3 Å². The van der Waals surface area contributed by atoms with Gasteiger partial charge in [0.25, 0.3) is 0 Å². The van der Waals surface area contributed by atoms with Crippen LogP contribution in [0.3, 0.4) is 0 Å². The molecule has 1 saturated carbocycles. The zero-order chi connectivity index (χ0) is 20.2. The molecule has 0 radical (unpaired) electrons. The number of methoxy groups -OCH3 is 1. The second-order valence-electron chi connectivity index (χ2n) is 7.36. The van der Waals surface area contributed by atoms with Crippen molar-refractivity contribution in [3.8, 4) is 0 Å². The lowest BCUT2D eigenvalue weighted by atomic mass is 9.89. The Morgan fingerprint density at radius 1 is 1.39 bits per heavy atom. The lowest BCUT2D eigenvalue weighted by Gasteiger charge is -2.15. The van der Waals surface area contributed by atoms with Crippen LogP contribution in [-0.2, 0) is 20.7 Å². The highest BCUT2D eigenvalue weighted by Gasteiger charge is 2.32. The monoisotopic (exact) mass is 388 g/mol. The average Bonchev–Trinajstić information content (AvgIpc) is 3.34. The number of ketones is 1. The molecule has 28 heavy (non-hydrogen) atoms. The largest absolute Gasteiger partial charge is 0.469 e. The van der Waals surface area contributed by atoms with Crippen molar-refractivity contribution < 1.29 is 23.8 Å². The first-order chi connectivity index (χ1) is 13.6. The number of esters is 1. The maximum atomic E-state index is 12.2. The van der Waals surface area contributed by atoms with Gasteiger partial charge >= 0.3 is 5.97 Å². The highest BCUT2D eigenvalue weighted by molar-refractivity contribution is 5.83. The van der Waals surface area contributed by atoms with Crippen molar-refractivity contribution >= 4 is 11.8 Å². The van der Waals surface area contributed by atoms with Gasteiger partial charge in [-0.3, -0.25) is 9.59 Å². The van der Waals surface area contributed by atoms with Gasteiger partial charge in [0.2, 0.25) is 0 Å². The van der Waals surface area contributed by atoms with E-state index in [1.54, 1.807) is 6.26 Å². The minimum absolute atomic E-state index is 0.0667. The van der Waals surface area contributed by atoms with Crippen LogP contribution in [0.5, 0.6) is 0 Å². The maximum absolute atomic E-state index is 12.2. The molecule has 1 heterocycles. The Hall–Kier alpha value is -2.14. The number of unbranched alkanes of at least 4 members (excludes halogenated alkanes) is 1. The molecule has 0 spiro atoms. The van der Waals surface area contributed by atoms with E-state index in [1.165, 1.54) is 7.11 Å². The predicted molar refractivity (Wildman–Crippen MR) is 108 cm³/mol. The van der Waals surface area contributed by atoms with Crippen LogP contribution in [0.2, 0.25) is 0 Å². The number of aryl methyl sites for hydroxylation is 1. The molecule has 1 fully saturated rings. The summed E-state index contributed by atoms with van der Waals surface area (Å²) in [5.41, 5.74) is 0. The Kier molecular flexibility index (Phi) is 9.77. The molecule has 0 aliphatic heterocycles. The van der Waals surface area contributed by atoms with Gasteiger partial charge in [-0.05, 0) is 56.6 Å². The zero-order valence-electron chi connectivity index (χ0n) is 16.7. The summed E-state index contributed by atoms with van der Waals surface area (Å²) in [5.74, 6) is 1.32. The van der Waals surface area contributed by atoms with Crippen LogP contribution in [0.25, 0.3) is 0 Å². The van der Waals surface area contributed by atoms with Gasteiger partial charge in [0, 0.05) is 25.2 Å². The predicted octanol–water partition coefficient (Wildman–Crippen LogP) is 4.40. The molecule has 3 atom stereocenters. The molecular weight excluding hydrogens is 356 g/mol. The summed E-state index contributed by atoms with van der Waals surface area (Å²) < 4.78 is 9.88. The molecule has 1 aliphatic rings. The number of rotatable bonds is 12. The molecule has 154 valence electrons. The van der Waals surface area contributed by atoms with Crippen molar-refractivity contribution in [1.82, 2.24) is 0 Å². The van der Waals surface area contributed by atoms with E-state index in [-0.39, 0.29) is 17.8 Å². The molecule has 1 N–H and O–H groups in total. The van der Waals surface area contributed by atoms with E-state index < -0.39 is 6.10 Å². The van der Waals surface area contributed by atoms with Crippen molar-refractivity contribution in [2.45, 2.75) is 63.9 Å². The smallest absolute Gasteiger partial charge is 0.305 e. The van der Waals surface area contributed by atoms with Gasteiger partial charge in [-0.15, -0.1) is 0 Å². The van der Waals surface area contributed by atoms with Crippen LogP contribution >= 0.6 is 0 Å². The topological polar surface area (TPSA) is 76.7 Å². The summed E-state index contributed by atoms with van der Waals surface area (Å²) in [6.45, 7) is 0. The molecule has 2 rings (SSSR count). The Morgan fingerprint density at radius 3 is 2.96 bits per heavy atom. The van der Waals surface area contributed by atoms with Gasteiger partial charge in [-0.1, -0.05) is 24.3 Å². The van der Waals surface area contributed by atoms with E-state index >= 15 is 0 Å². The second-order valence-corrected chi connectivity index (χ2v) is 7.36. The lowest BCUT2D eigenvalue weighted by Crippen LogP contribution is -2.14. The molecule has 1 aromatic rings. The highest BCUT2D eigenvalue weighted by Crippen LogP contribution is 2.33. The van der Waals surface area contributed by atoms with Crippen molar-refractivity contribution in [1.29, 1.82) is 0 Å². The molecule has 5 nitrogen and oxygen atoms in total. The number of hydrogen-bond donors (Lipinski definition) is 1. The first kappa shape index (κ1) is 22.2. The maximum Gasteiger partial charge on any atom is 0.305 e. The number of allylic oxidation sites excluding steroid dienone is 3. The van der Waals surface area contributed by atoms with Crippen molar-refractivity contribution in [2.75, 3.05) is 7.11 Å². The van der Waals surface area contributed by atoms with Gasteiger partial charge in [0.05, 0.1) is 19.5 Å². The molecule has 1 aromatic heterocycles. The van der Waals surface area contributed by atoms with Crippen molar-refractivity contribution in [3.05, 3.63) is 48.5 Å². The van der Waals surface area contributed by atoms with Gasteiger partial charge in [0.1, 0.15) is 11.5 Å². The Morgan fingerprint density at radius 2 is 2.21 bits per heavy atom. The van der Waals surface area contributed by atoms with Crippen molar-refractivity contribution in [2.24, 2.45) is 11.8 Å². The van der Waals surface area contributed by atoms with E-state index in [0.717, 1.165) is 31.4 Å². The van der Waals surface area contributed by atoms with E-state index in [4.69, 9.17) is 4.42 Å². The summed E-state index contributed by atoms with van der Waals surface area (Å²) >= 11 is 0. The molecule has 0 amide bonds. The number of carbonyl (C=O) groups excluding carboxylic acids is 2. The third-order valence-electron chi connectivity index (χ3n) is 5.30. The fourth-order valence-electron chi connectivity index (χ4n) is 3.65. The van der Waals surface area contributed by atoms with Crippen LogP contribution in [0, 0.1) is 11.8 Å². The minimum Gasteiger partial charge on any atom is -0.469 e.